The van der Waals surface area contributed by atoms with Gasteiger partial charge in [0, 0.05) is 50.6 Å². The van der Waals surface area contributed by atoms with Crippen LogP contribution in [0.25, 0.3) is 0 Å². The number of nitrogens with zero attached hydrogens (tertiary/aromatic N) is 4. The highest BCUT2D eigenvalue weighted by Crippen LogP contribution is 2.22. The molecule has 1 aliphatic rings. The number of rotatable bonds is 10. The predicted octanol–water partition coefficient (Wildman–Crippen LogP) is 3.77. The van der Waals surface area contributed by atoms with Gasteiger partial charge in [-0.25, -0.2) is 4.98 Å². The number of carbonyl (C=O) groups excluding carboxylic acids is 1. The molecule has 0 N–H and O–H groups in total. The largest absolute Gasteiger partial charge is 0.497 e. The lowest BCUT2D eigenvalue weighted by molar-refractivity contribution is -0.142. The van der Waals surface area contributed by atoms with Crippen LogP contribution in [0.15, 0.2) is 24.3 Å². The zero-order valence-corrected chi connectivity index (χ0v) is 19.9. The van der Waals surface area contributed by atoms with E-state index in [9.17, 15) is 4.79 Å². The first-order valence-electron chi connectivity index (χ1n) is 11.1. The van der Waals surface area contributed by atoms with Crippen molar-refractivity contribution in [1.29, 1.82) is 0 Å². The molecule has 2 heterocycles. The minimum atomic E-state index is 0.0891. The third kappa shape index (κ3) is 6.90. The first-order valence-corrected chi connectivity index (χ1v) is 11.9. The van der Waals surface area contributed by atoms with Gasteiger partial charge in [0.15, 0.2) is 0 Å². The van der Waals surface area contributed by atoms with Crippen LogP contribution in [-0.2, 0) is 16.0 Å². The van der Waals surface area contributed by atoms with Gasteiger partial charge < -0.3 is 19.3 Å². The predicted molar refractivity (Wildman–Crippen MR) is 124 cm³/mol. The SMILES string of the molecule is CCCCN(CCC(=O)N1CC(C)OC(C)C1)c1nc(Cc2cccc(OC)c2)ns1. The average Bonchev–Trinajstić information content (AvgIpc) is 3.21. The number of aromatic nitrogens is 2. The fraction of sp³-hybridized carbons (Fsp3) is 0.609. The van der Waals surface area contributed by atoms with Gasteiger partial charge in [-0.2, -0.15) is 4.37 Å². The molecule has 2 atom stereocenters. The third-order valence-electron chi connectivity index (χ3n) is 5.37. The lowest BCUT2D eigenvalue weighted by Gasteiger charge is -2.35. The second-order valence-corrected chi connectivity index (χ2v) is 8.90. The number of hydrogen-bond acceptors (Lipinski definition) is 7. The Morgan fingerprint density at radius 1 is 1.29 bits per heavy atom. The standard InChI is InChI=1S/C23H34N4O3S/c1-5-6-11-26(12-10-22(28)27-15-17(2)30-18(3)16-27)23-24-21(25-31-23)14-19-8-7-9-20(13-19)29-4/h7-9,13,17-18H,5-6,10-12,14-16H2,1-4H3. The molecule has 0 aliphatic carbocycles. The van der Waals surface area contributed by atoms with Gasteiger partial charge in [-0.05, 0) is 38.0 Å². The number of benzene rings is 1. The molecule has 1 aromatic heterocycles. The number of carbonyl (C=O) groups is 1. The molecule has 0 saturated carbocycles. The molecule has 1 amide bonds. The Labute approximate surface area is 189 Å². The van der Waals surface area contributed by atoms with Crippen molar-refractivity contribution in [3.8, 4) is 5.75 Å². The second kappa shape index (κ2) is 11.4. The molecule has 3 rings (SSSR count). The molecule has 170 valence electrons. The molecule has 31 heavy (non-hydrogen) atoms. The maximum Gasteiger partial charge on any atom is 0.224 e. The summed E-state index contributed by atoms with van der Waals surface area (Å²) in [6.45, 7) is 9.10. The summed E-state index contributed by atoms with van der Waals surface area (Å²) in [6.07, 6.45) is 3.48. The van der Waals surface area contributed by atoms with Crippen LogP contribution in [0.2, 0.25) is 0 Å². The van der Waals surface area contributed by atoms with Crippen LogP contribution in [-0.4, -0.2) is 65.7 Å². The van der Waals surface area contributed by atoms with Crippen molar-refractivity contribution in [1.82, 2.24) is 14.3 Å². The summed E-state index contributed by atoms with van der Waals surface area (Å²) in [6, 6.07) is 7.98. The van der Waals surface area contributed by atoms with Gasteiger partial charge in [0.1, 0.15) is 11.6 Å². The molecule has 2 aromatic rings. The third-order valence-corrected chi connectivity index (χ3v) is 6.19. The Balaban J connectivity index is 1.61. The number of ether oxygens (including phenoxy) is 2. The smallest absolute Gasteiger partial charge is 0.224 e. The Hall–Kier alpha value is -2.19. The van der Waals surface area contributed by atoms with Gasteiger partial charge >= 0.3 is 0 Å². The maximum absolute atomic E-state index is 12.8. The number of anilines is 1. The minimum absolute atomic E-state index is 0.0891. The van der Waals surface area contributed by atoms with Gasteiger partial charge in [-0.15, -0.1) is 0 Å². The molecule has 1 fully saturated rings. The van der Waals surface area contributed by atoms with Crippen molar-refractivity contribution in [2.75, 3.05) is 38.2 Å². The van der Waals surface area contributed by atoms with E-state index in [-0.39, 0.29) is 18.1 Å². The lowest BCUT2D eigenvalue weighted by atomic mass is 10.1. The van der Waals surface area contributed by atoms with Crippen molar-refractivity contribution < 1.29 is 14.3 Å². The van der Waals surface area contributed by atoms with E-state index in [1.807, 2.05) is 36.9 Å². The van der Waals surface area contributed by atoms with Crippen LogP contribution in [0.1, 0.15) is 51.4 Å². The van der Waals surface area contributed by atoms with E-state index in [4.69, 9.17) is 14.5 Å². The van der Waals surface area contributed by atoms with Crippen molar-refractivity contribution in [3.05, 3.63) is 35.7 Å². The summed E-state index contributed by atoms with van der Waals surface area (Å²) in [5.41, 5.74) is 1.12. The molecule has 8 heteroatoms. The highest BCUT2D eigenvalue weighted by atomic mass is 32.1. The van der Waals surface area contributed by atoms with Crippen LogP contribution in [0.3, 0.4) is 0 Å². The van der Waals surface area contributed by atoms with Crippen molar-refractivity contribution >= 4 is 22.6 Å². The minimum Gasteiger partial charge on any atom is -0.497 e. The molecule has 2 unspecified atom stereocenters. The fourth-order valence-electron chi connectivity index (χ4n) is 3.83. The van der Waals surface area contributed by atoms with Crippen LogP contribution in [0.5, 0.6) is 5.75 Å². The Kier molecular flexibility index (Phi) is 8.66. The zero-order chi connectivity index (χ0) is 22.2. The molecule has 0 spiro atoms. The van der Waals surface area contributed by atoms with E-state index in [1.54, 1.807) is 7.11 Å². The number of morpholine rings is 1. The van der Waals surface area contributed by atoms with Gasteiger partial charge in [0.05, 0.1) is 19.3 Å². The van der Waals surface area contributed by atoms with Crippen molar-refractivity contribution in [2.24, 2.45) is 0 Å². The van der Waals surface area contributed by atoms with Gasteiger partial charge in [0.25, 0.3) is 0 Å². The lowest BCUT2D eigenvalue weighted by Crippen LogP contribution is -2.48. The zero-order valence-electron chi connectivity index (χ0n) is 19.0. The molecule has 1 saturated heterocycles. The Morgan fingerprint density at radius 3 is 2.77 bits per heavy atom. The monoisotopic (exact) mass is 446 g/mol. The maximum atomic E-state index is 12.8. The molecule has 0 bridgehead atoms. The second-order valence-electron chi connectivity index (χ2n) is 8.17. The fourth-order valence-corrected chi connectivity index (χ4v) is 4.57. The number of amides is 1. The molecule has 1 aromatic carbocycles. The molecule has 0 radical (unpaired) electrons. The van der Waals surface area contributed by atoms with E-state index >= 15 is 0 Å². The van der Waals surface area contributed by atoms with Gasteiger partial charge in [-0.3, -0.25) is 4.79 Å². The van der Waals surface area contributed by atoms with Gasteiger partial charge in [-0.1, -0.05) is 25.5 Å². The number of methoxy groups -OCH3 is 1. The quantitative estimate of drug-likeness (QED) is 0.553. The summed E-state index contributed by atoms with van der Waals surface area (Å²) >= 11 is 1.41. The Morgan fingerprint density at radius 2 is 2.06 bits per heavy atom. The van der Waals surface area contributed by atoms with Crippen LogP contribution >= 0.6 is 11.5 Å². The average molecular weight is 447 g/mol. The molecular weight excluding hydrogens is 412 g/mol. The summed E-state index contributed by atoms with van der Waals surface area (Å²) in [5.74, 6) is 1.82. The van der Waals surface area contributed by atoms with E-state index in [0.29, 0.717) is 32.5 Å². The summed E-state index contributed by atoms with van der Waals surface area (Å²) in [5, 5.41) is 0.892. The summed E-state index contributed by atoms with van der Waals surface area (Å²) < 4.78 is 15.6. The van der Waals surface area contributed by atoms with E-state index in [0.717, 1.165) is 41.7 Å². The van der Waals surface area contributed by atoms with E-state index in [1.165, 1.54) is 11.5 Å². The van der Waals surface area contributed by atoms with Crippen molar-refractivity contribution in [2.45, 2.75) is 58.7 Å². The molecule has 1 aliphatic heterocycles. The van der Waals surface area contributed by atoms with Crippen LogP contribution < -0.4 is 9.64 Å². The topological polar surface area (TPSA) is 67.8 Å². The number of unbranched alkanes of at least 4 members (excludes halogenated alkanes) is 1. The number of hydrogen-bond donors (Lipinski definition) is 0. The molecule has 7 nitrogen and oxygen atoms in total. The van der Waals surface area contributed by atoms with Crippen LogP contribution in [0.4, 0.5) is 5.13 Å². The highest BCUT2D eigenvalue weighted by molar-refractivity contribution is 7.09. The van der Waals surface area contributed by atoms with Crippen molar-refractivity contribution in [3.63, 3.8) is 0 Å². The van der Waals surface area contributed by atoms with Crippen LogP contribution in [0, 0.1) is 0 Å². The first-order chi connectivity index (χ1) is 15.0. The molecular formula is C23H34N4O3S. The highest BCUT2D eigenvalue weighted by Gasteiger charge is 2.26. The summed E-state index contributed by atoms with van der Waals surface area (Å²) in [7, 11) is 1.67. The summed E-state index contributed by atoms with van der Waals surface area (Å²) in [4.78, 5) is 21.7. The normalized spacial score (nSPS) is 18.8. The van der Waals surface area contributed by atoms with E-state index < -0.39 is 0 Å². The van der Waals surface area contributed by atoms with Gasteiger partial charge in [0.2, 0.25) is 11.0 Å². The first kappa shape index (κ1) is 23.5. The Bertz CT molecular complexity index is 834. The van der Waals surface area contributed by atoms with E-state index in [2.05, 4.69) is 22.3 Å².